The lowest BCUT2D eigenvalue weighted by Gasteiger charge is -2.54. The standard InChI is InChI=1S/C22H22ClFN4O4S/c1-31-19-8-18-15(21(26-13-25-18)27-14-2-3-17(24)16(23)6-14)7-20(19)32-5-4-28-9-22(10-28)11-33(29,30)12-22/h2-3,6-8,13H,4-5,9-12H2,1H3,(H,25,26,27). The third-order valence-corrected chi connectivity index (χ3v) is 8.33. The molecule has 1 spiro atoms. The van der Waals surface area contributed by atoms with Crippen LogP contribution < -0.4 is 14.8 Å². The predicted molar refractivity (Wildman–Crippen MR) is 124 cm³/mol. The number of likely N-dealkylation sites (tertiary alicyclic amines) is 1. The van der Waals surface area contributed by atoms with Crippen molar-refractivity contribution < 1.29 is 22.3 Å². The monoisotopic (exact) mass is 492 g/mol. The SMILES string of the molecule is COc1cc2ncnc(Nc3ccc(F)c(Cl)c3)c2cc1OCCN1CC2(C1)CS(=O)(=O)C2. The van der Waals surface area contributed by atoms with E-state index in [-0.39, 0.29) is 10.4 Å². The van der Waals surface area contributed by atoms with Crippen LogP contribution in [0.3, 0.4) is 0 Å². The Labute approximate surface area is 195 Å². The number of hydrogen-bond donors (Lipinski definition) is 1. The number of hydrogen-bond acceptors (Lipinski definition) is 8. The first-order valence-corrected chi connectivity index (χ1v) is 12.6. The fraction of sp³-hybridized carbons (Fsp3) is 0.364. The fourth-order valence-electron chi connectivity index (χ4n) is 4.57. The highest BCUT2D eigenvalue weighted by Gasteiger charge is 2.55. The molecule has 3 aromatic rings. The van der Waals surface area contributed by atoms with Gasteiger partial charge in [0.25, 0.3) is 0 Å². The van der Waals surface area contributed by atoms with Crippen molar-refractivity contribution in [3.05, 3.63) is 47.5 Å². The molecule has 0 unspecified atom stereocenters. The summed E-state index contributed by atoms with van der Waals surface area (Å²) < 4.78 is 47.9. The van der Waals surface area contributed by atoms with E-state index in [1.807, 2.05) is 0 Å². The molecule has 174 valence electrons. The number of anilines is 2. The number of nitrogens with zero attached hydrogens (tertiary/aromatic N) is 3. The summed E-state index contributed by atoms with van der Waals surface area (Å²) in [5.41, 5.74) is 1.20. The highest BCUT2D eigenvalue weighted by Crippen LogP contribution is 2.41. The van der Waals surface area contributed by atoms with Gasteiger partial charge in [0.15, 0.2) is 21.3 Å². The lowest BCUT2D eigenvalue weighted by Crippen LogP contribution is -2.68. The van der Waals surface area contributed by atoms with Crippen molar-refractivity contribution >= 4 is 43.8 Å². The quantitative estimate of drug-likeness (QED) is 0.537. The second kappa shape index (κ2) is 8.27. The number of sulfone groups is 1. The number of rotatable bonds is 7. The van der Waals surface area contributed by atoms with Crippen molar-refractivity contribution in [2.75, 3.05) is 50.2 Å². The number of methoxy groups -OCH3 is 1. The Balaban J connectivity index is 1.30. The summed E-state index contributed by atoms with van der Waals surface area (Å²) in [6, 6.07) is 7.91. The second-order valence-electron chi connectivity index (χ2n) is 8.59. The zero-order valence-corrected chi connectivity index (χ0v) is 19.4. The van der Waals surface area contributed by atoms with Gasteiger partial charge < -0.3 is 14.8 Å². The first kappa shape index (κ1) is 22.1. The van der Waals surface area contributed by atoms with Gasteiger partial charge in [-0.05, 0) is 24.3 Å². The van der Waals surface area contributed by atoms with Gasteiger partial charge in [-0.1, -0.05) is 11.6 Å². The third kappa shape index (κ3) is 4.42. The molecule has 2 aliphatic rings. The number of benzene rings is 2. The van der Waals surface area contributed by atoms with Gasteiger partial charge in [-0.15, -0.1) is 0 Å². The van der Waals surface area contributed by atoms with Crippen LogP contribution in [-0.4, -0.2) is 68.1 Å². The Hall–Kier alpha value is -2.69. The van der Waals surface area contributed by atoms with Crippen LogP contribution in [0.5, 0.6) is 11.5 Å². The maximum Gasteiger partial charge on any atom is 0.162 e. The zero-order valence-electron chi connectivity index (χ0n) is 17.8. The van der Waals surface area contributed by atoms with Crippen LogP contribution in [0.2, 0.25) is 5.02 Å². The maximum atomic E-state index is 13.5. The fourth-order valence-corrected chi connectivity index (χ4v) is 6.89. The number of nitrogens with one attached hydrogen (secondary N) is 1. The van der Waals surface area contributed by atoms with Crippen molar-refractivity contribution in [3.63, 3.8) is 0 Å². The van der Waals surface area contributed by atoms with Gasteiger partial charge in [0, 0.05) is 42.2 Å². The van der Waals surface area contributed by atoms with Crippen LogP contribution in [0.25, 0.3) is 10.9 Å². The summed E-state index contributed by atoms with van der Waals surface area (Å²) >= 11 is 5.89. The molecule has 1 aromatic heterocycles. The summed E-state index contributed by atoms with van der Waals surface area (Å²) in [6.45, 7) is 2.68. The zero-order chi connectivity index (χ0) is 23.2. The summed E-state index contributed by atoms with van der Waals surface area (Å²) in [5.74, 6) is 1.70. The molecular formula is C22H22ClFN4O4S. The van der Waals surface area contributed by atoms with Crippen LogP contribution >= 0.6 is 11.6 Å². The molecule has 5 rings (SSSR count). The summed E-state index contributed by atoms with van der Waals surface area (Å²) in [6.07, 6.45) is 1.43. The average molecular weight is 493 g/mol. The molecule has 11 heteroatoms. The van der Waals surface area contributed by atoms with Crippen LogP contribution in [0.4, 0.5) is 15.9 Å². The predicted octanol–water partition coefficient (Wildman–Crippen LogP) is 3.28. The van der Waals surface area contributed by atoms with Crippen molar-refractivity contribution in [1.29, 1.82) is 0 Å². The topological polar surface area (TPSA) is 93.7 Å². The van der Waals surface area contributed by atoms with Gasteiger partial charge in [0.1, 0.15) is 24.6 Å². The Morgan fingerprint density at radius 1 is 1.18 bits per heavy atom. The molecule has 33 heavy (non-hydrogen) atoms. The van der Waals surface area contributed by atoms with Crippen LogP contribution in [0.1, 0.15) is 0 Å². The largest absolute Gasteiger partial charge is 0.493 e. The number of fused-ring (bicyclic) bond motifs is 1. The summed E-state index contributed by atoms with van der Waals surface area (Å²) in [4.78, 5) is 10.8. The van der Waals surface area contributed by atoms with E-state index in [1.165, 1.54) is 18.5 Å². The first-order chi connectivity index (χ1) is 15.8. The molecule has 3 heterocycles. The molecule has 0 atom stereocenters. The van der Waals surface area contributed by atoms with E-state index in [9.17, 15) is 12.8 Å². The lowest BCUT2D eigenvalue weighted by atomic mass is 9.83. The van der Waals surface area contributed by atoms with Crippen molar-refractivity contribution in [2.45, 2.75) is 0 Å². The summed E-state index contributed by atoms with van der Waals surface area (Å²) in [5, 5.41) is 3.86. The first-order valence-electron chi connectivity index (χ1n) is 10.4. The molecule has 0 radical (unpaired) electrons. The van der Waals surface area contributed by atoms with E-state index in [4.69, 9.17) is 21.1 Å². The Kier molecular flexibility index (Phi) is 5.54. The molecule has 0 bridgehead atoms. The normalized spacial score (nSPS) is 18.5. The van der Waals surface area contributed by atoms with E-state index in [0.29, 0.717) is 58.6 Å². The van der Waals surface area contributed by atoms with Crippen molar-refractivity contribution in [3.8, 4) is 11.5 Å². The third-order valence-electron chi connectivity index (χ3n) is 5.94. The second-order valence-corrected chi connectivity index (χ2v) is 11.1. The molecule has 0 amide bonds. The Morgan fingerprint density at radius 3 is 2.67 bits per heavy atom. The van der Waals surface area contributed by atoms with Gasteiger partial charge >= 0.3 is 0 Å². The van der Waals surface area contributed by atoms with Crippen LogP contribution in [0, 0.1) is 11.2 Å². The van der Waals surface area contributed by atoms with E-state index in [1.54, 1.807) is 25.3 Å². The average Bonchev–Trinajstić information content (AvgIpc) is 2.73. The highest BCUT2D eigenvalue weighted by atomic mass is 35.5. The van der Waals surface area contributed by atoms with Crippen LogP contribution in [-0.2, 0) is 9.84 Å². The number of aromatic nitrogens is 2. The molecule has 2 aromatic carbocycles. The van der Waals surface area contributed by atoms with Gasteiger partial charge in [0.2, 0.25) is 0 Å². The van der Waals surface area contributed by atoms with E-state index < -0.39 is 15.7 Å². The molecule has 8 nitrogen and oxygen atoms in total. The van der Waals surface area contributed by atoms with Gasteiger partial charge in [-0.3, -0.25) is 4.90 Å². The maximum absolute atomic E-state index is 13.5. The molecule has 0 saturated carbocycles. The van der Waals surface area contributed by atoms with Gasteiger partial charge in [0.05, 0.1) is 29.2 Å². The van der Waals surface area contributed by atoms with Gasteiger partial charge in [-0.25, -0.2) is 22.8 Å². The summed E-state index contributed by atoms with van der Waals surface area (Å²) in [7, 11) is -1.26. The van der Waals surface area contributed by atoms with Gasteiger partial charge in [-0.2, -0.15) is 0 Å². The smallest absolute Gasteiger partial charge is 0.162 e. The molecule has 2 aliphatic heterocycles. The minimum absolute atomic E-state index is 0.0105. The molecule has 2 saturated heterocycles. The van der Waals surface area contributed by atoms with E-state index in [0.717, 1.165) is 13.1 Å². The molecule has 1 N–H and O–H groups in total. The Bertz CT molecular complexity index is 1320. The number of halogens is 2. The highest BCUT2D eigenvalue weighted by molar-refractivity contribution is 7.92. The minimum Gasteiger partial charge on any atom is -0.493 e. The van der Waals surface area contributed by atoms with Crippen molar-refractivity contribution in [1.82, 2.24) is 14.9 Å². The molecule has 2 fully saturated rings. The molecular weight excluding hydrogens is 471 g/mol. The Morgan fingerprint density at radius 2 is 1.97 bits per heavy atom. The number of ether oxygens (including phenoxy) is 2. The molecule has 0 aliphatic carbocycles. The van der Waals surface area contributed by atoms with E-state index >= 15 is 0 Å². The van der Waals surface area contributed by atoms with Crippen LogP contribution in [0.15, 0.2) is 36.7 Å². The van der Waals surface area contributed by atoms with Crippen molar-refractivity contribution in [2.24, 2.45) is 5.41 Å². The lowest BCUT2D eigenvalue weighted by molar-refractivity contribution is 0.0154. The van der Waals surface area contributed by atoms with E-state index in [2.05, 4.69) is 20.2 Å². The minimum atomic E-state index is -2.82.